The van der Waals surface area contributed by atoms with Gasteiger partial charge >= 0.3 is 6.61 Å². The number of H-pyrrole nitrogens is 1. The van der Waals surface area contributed by atoms with E-state index in [0.717, 1.165) is 11.1 Å². The molecule has 0 bridgehead atoms. The maximum atomic E-state index is 12.5. The highest BCUT2D eigenvalue weighted by Gasteiger charge is 2.15. The van der Waals surface area contributed by atoms with Crippen LogP contribution in [0.5, 0.6) is 11.5 Å². The number of halogens is 2. The Kier molecular flexibility index (Phi) is 5.88. The summed E-state index contributed by atoms with van der Waals surface area (Å²) < 4.78 is 34.7. The van der Waals surface area contributed by atoms with Crippen LogP contribution in [0.4, 0.5) is 14.5 Å². The quantitative estimate of drug-likeness (QED) is 0.619. The largest absolute Gasteiger partial charge is 0.490 e. The van der Waals surface area contributed by atoms with Gasteiger partial charge < -0.3 is 14.8 Å². The molecule has 3 rings (SSSR count). The van der Waals surface area contributed by atoms with Crippen molar-refractivity contribution in [2.75, 3.05) is 11.9 Å². The van der Waals surface area contributed by atoms with Crippen LogP contribution in [-0.2, 0) is 0 Å². The number of hydrogen-bond acceptors (Lipinski definition) is 4. The molecule has 2 aromatic carbocycles. The SMILES string of the molecule is CCOc1cc(NC(=O)c2cc(-c3ccc(C)cc3)n[nH]2)ccc1OC(F)F. The van der Waals surface area contributed by atoms with E-state index in [1.807, 2.05) is 31.2 Å². The molecule has 146 valence electrons. The molecular formula is C20H19F2N3O3. The minimum atomic E-state index is -2.97. The van der Waals surface area contributed by atoms with Crippen LogP contribution in [-0.4, -0.2) is 29.3 Å². The molecule has 3 aromatic rings. The highest BCUT2D eigenvalue weighted by Crippen LogP contribution is 2.32. The first-order valence-corrected chi connectivity index (χ1v) is 8.61. The van der Waals surface area contributed by atoms with E-state index in [-0.39, 0.29) is 23.8 Å². The molecule has 1 amide bonds. The molecule has 0 fully saturated rings. The van der Waals surface area contributed by atoms with Gasteiger partial charge in [0.2, 0.25) is 0 Å². The minimum absolute atomic E-state index is 0.0990. The fourth-order valence-electron chi connectivity index (χ4n) is 2.56. The number of aromatic amines is 1. The molecule has 0 radical (unpaired) electrons. The van der Waals surface area contributed by atoms with E-state index in [1.165, 1.54) is 18.2 Å². The Labute approximate surface area is 160 Å². The summed E-state index contributed by atoms with van der Waals surface area (Å²) in [7, 11) is 0. The summed E-state index contributed by atoms with van der Waals surface area (Å²) in [4.78, 5) is 12.5. The summed E-state index contributed by atoms with van der Waals surface area (Å²) in [6, 6.07) is 13.6. The average Bonchev–Trinajstić information content (AvgIpc) is 3.14. The number of nitrogens with zero attached hydrogens (tertiary/aromatic N) is 1. The second-order valence-electron chi connectivity index (χ2n) is 5.96. The summed E-state index contributed by atoms with van der Waals surface area (Å²) in [5.41, 5.74) is 3.29. The molecule has 8 heteroatoms. The molecule has 28 heavy (non-hydrogen) atoms. The van der Waals surface area contributed by atoms with Gasteiger partial charge in [0.15, 0.2) is 11.5 Å². The Morgan fingerprint density at radius 1 is 1.14 bits per heavy atom. The summed E-state index contributed by atoms with van der Waals surface area (Å²) in [6.07, 6.45) is 0. The Bertz CT molecular complexity index is 956. The van der Waals surface area contributed by atoms with Gasteiger partial charge in [-0.25, -0.2) is 0 Å². The molecule has 1 aromatic heterocycles. The molecule has 0 aliphatic heterocycles. The van der Waals surface area contributed by atoms with Gasteiger partial charge in [0.05, 0.1) is 12.3 Å². The summed E-state index contributed by atoms with van der Waals surface area (Å²) in [5.74, 6) is -0.403. The molecule has 6 nitrogen and oxygen atoms in total. The van der Waals surface area contributed by atoms with Gasteiger partial charge in [0.1, 0.15) is 5.69 Å². The van der Waals surface area contributed by atoms with Gasteiger partial charge in [-0.1, -0.05) is 29.8 Å². The fraction of sp³-hybridized carbons (Fsp3) is 0.200. The van der Waals surface area contributed by atoms with Crippen LogP contribution >= 0.6 is 0 Å². The molecule has 0 unspecified atom stereocenters. The van der Waals surface area contributed by atoms with E-state index < -0.39 is 12.5 Å². The van der Waals surface area contributed by atoms with Crippen LogP contribution in [0.25, 0.3) is 11.3 Å². The predicted molar refractivity (Wildman–Crippen MR) is 101 cm³/mol. The maximum Gasteiger partial charge on any atom is 0.387 e. The third kappa shape index (κ3) is 4.64. The number of nitrogens with one attached hydrogen (secondary N) is 2. The lowest BCUT2D eigenvalue weighted by molar-refractivity contribution is -0.0514. The molecule has 0 aliphatic rings. The van der Waals surface area contributed by atoms with Crippen LogP contribution in [0.1, 0.15) is 23.0 Å². The van der Waals surface area contributed by atoms with Gasteiger partial charge in [0, 0.05) is 17.3 Å². The summed E-state index contributed by atoms with van der Waals surface area (Å²) >= 11 is 0. The number of carbonyl (C=O) groups is 1. The smallest absolute Gasteiger partial charge is 0.387 e. The number of carbonyl (C=O) groups excluding carboxylic acids is 1. The first kappa shape index (κ1) is 19.3. The van der Waals surface area contributed by atoms with Crippen molar-refractivity contribution in [3.05, 3.63) is 59.8 Å². The third-order valence-corrected chi connectivity index (χ3v) is 3.89. The zero-order valence-electron chi connectivity index (χ0n) is 15.3. The predicted octanol–water partition coefficient (Wildman–Crippen LogP) is 4.64. The highest BCUT2D eigenvalue weighted by molar-refractivity contribution is 6.03. The Morgan fingerprint density at radius 3 is 2.57 bits per heavy atom. The Hall–Kier alpha value is -3.42. The number of alkyl halides is 2. The van der Waals surface area contributed by atoms with Crippen LogP contribution in [0, 0.1) is 6.92 Å². The number of hydrogen-bond donors (Lipinski definition) is 2. The average molecular weight is 387 g/mol. The summed E-state index contributed by atoms with van der Waals surface area (Å²) in [5, 5.41) is 9.54. The number of rotatable bonds is 7. The standard InChI is InChI=1S/C20H19F2N3O3/c1-3-27-18-10-14(8-9-17(18)28-20(21)22)23-19(26)16-11-15(24-25-16)13-6-4-12(2)5-7-13/h4-11,20H,3H2,1-2H3,(H,23,26)(H,24,25). The first-order valence-electron chi connectivity index (χ1n) is 8.61. The van der Waals surface area contributed by atoms with E-state index >= 15 is 0 Å². The minimum Gasteiger partial charge on any atom is -0.490 e. The van der Waals surface area contributed by atoms with Gasteiger partial charge in [-0.15, -0.1) is 0 Å². The number of benzene rings is 2. The maximum absolute atomic E-state index is 12.5. The molecule has 0 saturated heterocycles. The normalized spacial score (nSPS) is 10.8. The number of aryl methyl sites for hydroxylation is 1. The van der Waals surface area contributed by atoms with Crippen LogP contribution in [0.2, 0.25) is 0 Å². The zero-order valence-corrected chi connectivity index (χ0v) is 15.3. The lowest BCUT2D eigenvalue weighted by atomic mass is 10.1. The number of amides is 1. The lowest BCUT2D eigenvalue weighted by Crippen LogP contribution is -2.13. The van der Waals surface area contributed by atoms with Crippen molar-refractivity contribution >= 4 is 11.6 Å². The van der Waals surface area contributed by atoms with E-state index in [1.54, 1.807) is 13.0 Å². The molecule has 1 heterocycles. The van der Waals surface area contributed by atoms with Gasteiger partial charge in [-0.05, 0) is 32.0 Å². The van der Waals surface area contributed by atoms with Crippen LogP contribution in [0.15, 0.2) is 48.5 Å². The van der Waals surface area contributed by atoms with Gasteiger partial charge in [-0.2, -0.15) is 13.9 Å². The van der Waals surface area contributed by atoms with Crippen LogP contribution in [0.3, 0.4) is 0 Å². The second-order valence-corrected chi connectivity index (χ2v) is 5.96. The van der Waals surface area contributed by atoms with Crippen molar-refractivity contribution in [2.45, 2.75) is 20.5 Å². The third-order valence-electron chi connectivity index (χ3n) is 3.89. The first-order chi connectivity index (χ1) is 13.5. The monoisotopic (exact) mass is 387 g/mol. The number of ether oxygens (including phenoxy) is 2. The number of aromatic nitrogens is 2. The van der Waals surface area contributed by atoms with Crippen molar-refractivity contribution in [1.82, 2.24) is 10.2 Å². The van der Waals surface area contributed by atoms with Crippen molar-refractivity contribution in [3.8, 4) is 22.8 Å². The topological polar surface area (TPSA) is 76.2 Å². The number of anilines is 1. The van der Waals surface area contributed by atoms with Gasteiger partial charge in [-0.3, -0.25) is 9.89 Å². The van der Waals surface area contributed by atoms with Gasteiger partial charge in [0.25, 0.3) is 5.91 Å². The van der Waals surface area contributed by atoms with Crippen molar-refractivity contribution in [3.63, 3.8) is 0 Å². The zero-order chi connectivity index (χ0) is 20.1. The Morgan fingerprint density at radius 2 is 1.89 bits per heavy atom. The molecular weight excluding hydrogens is 368 g/mol. The molecule has 0 atom stereocenters. The van der Waals surface area contributed by atoms with Crippen molar-refractivity contribution < 1.29 is 23.0 Å². The fourth-order valence-corrected chi connectivity index (χ4v) is 2.56. The van der Waals surface area contributed by atoms with E-state index in [4.69, 9.17) is 4.74 Å². The van der Waals surface area contributed by atoms with E-state index in [0.29, 0.717) is 11.4 Å². The van der Waals surface area contributed by atoms with E-state index in [9.17, 15) is 13.6 Å². The highest BCUT2D eigenvalue weighted by atomic mass is 19.3. The molecule has 0 spiro atoms. The van der Waals surface area contributed by atoms with Crippen molar-refractivity contribution in [1.29, 1.82) is 0 Å². The van der Waals surface area contributed by atoms with E-state index in [2.05, 4.69) is 20.3 Å². The van der Waals surface area contributed by atoms with Crippen LogP contribution < -0.4 is 14.8 Å². The second kappa shape index (κ2) is 8.51. The summed E-state index contributed by atoms with van der Waals surface area (Å²) in [6.45, 7) is 0.998. The van der Waals surface area contributed by atoms with Crippen molar-refractivity contribution in [2.24, 2.45) is 0 Å². The molecule has 0 aliphatic carbocycles. The molecule has 0 saturated carbocycles. The Balaban J connectivity index is 1.75. The lowest BCUT2D eigenvalue weighted by Gasteiger charge is -2.13. The molecule has 2 N–H and O–H groups in total.